The van der Waals surface area contributed by atoms with Gasteiger partial charge in [-0.25, -0.2) is 8.78 Å². The third kappa shape index (κ3) is 3.89. The predicted octanol–water partition coefficient (Wildman–Crippen LogP) is 2.89. The topological polar surface area (TPSA) is 15.3 Å². The van der Waals surface area contributed by atoms with E-state index >= 15 is 0 Å². The first-order chi connectivity index (χ1) is 8.61. The maximum atomic E-state index is 13.4. The number of likely N-dealkylation sites (N-methyl/N-ethyl adjacent to an activating group) is 1. The Morgan fingerprint density at radius 3 is 2.78 bits per heavy atom. The second kappa shape index (κ2) is 6.29. The molecule has 0 radical (unpaired) electrons. The molecule has 18 heavy (non-hydrogen) atoms. The molecule has 2 aliphatic rings. The summed E-state index contributed by atoms with van der Waals surface area (Å²) in [6, 6.07) is 0.555. The highest BCUT2D eigenvalue weighted by Gasteiger charge is 2.37. The minimum Gasteiger partial charge on any atom is -0.318 e. The molecule has 2 fully saturated rings. The van der Waals surface area contributed by atoms with Crippen LogP contribution in [0.3, 0.4) is 0 Å². The van der Waals surface area contributed by atoms with Crippen molar-refractivity contribution in [2.45, 2.75) is 56.9 Å². The number of nitrogens with one attached hydrogen (secondary N) is 1. The van der Waals surface area contributed by atoms with E-state index in [-0.39, 0.29) is 18.8 Å². The minimum absolute atomic E-state index is 0.101. The number of likely N-dealkylation sites (tertiary alicyclic amines) is 1. The van der Waals surface area contributed by atoms with Crippen molar-refractivity contribution in [3.63, 3.8) is 0 Å². The Hall–Kier alpha value is -0.220. The number of hydrogen-bond donors (Lipinski definition) is 1. The molecule has 0 aromatic heterocycles. The quantitative estimate of drug-likeness (QED) is 0.836. The molecule has 1 N–H and O–H groups in total. The van der Waals surface area contributed by atoms with Crippen LogP contribution in [0.25, 0.3) is 0 Å². The van der Waals surface area contributed by atoms with Gasteiger partial charge in [-0.05, 0) is 45.2 Å². The highest BCUT2D eigenvalue weighted by atomic mass is 19.3. The van der Waals surface area contributed by atoms with E-state index < -0.39 is 5.92 Å². The average Bonchev–Trinajstić information content (AvgIpc) is 2.31. The highest BCUT2D eigenvalue weighted by Crippen LogP contribution is 2.37. The van der Waals surface area contributed by atoms with Crippen LogP contribution in [0, 0.1) is 5.92 Å². The van der Waals surface area contributed by atoms with E-state index in [1.54, 1.807) is 0 Å². The van der Waals surface area contributed by atoms with E-state index in [1.807, 2.05) is 7.05 Å². The van der Waals surface area contributed by atoms with Gasteiger partial charge in [0.1, 0.15) is 0 Å². The molecule has 2 unspecified atom stereocenters. The standard InChI is InChI=1S/C14H26F2N2/c1-17-10-13-6-2-3-8-18(13)11-12-5-4-7-14(15,16)9-12/h12-13,17H,2-11H2,1H3. The van der Waals surface area contributed by atoms with Crippen LogP contribution in [0.1, 0.15) is 44.9 Å². The monoisotopic (exact) mass is 260 g/mol. The van der Waals surface area contributed by atoms with Crippen LogP contribution in [0.4, 0.5) is 8.78 Å². The van der Waals surface area contributed by atoms with Crippen molar-refractivity contribution in [1.29, 1.82) is 0 Å². The van der Waals surface area contributed by atoms with Gasteiger partial charge in [-0.3, -0.25) is 4.90 Å². The van der Waals surface area contributed by atoms with E-state index in [9.17, 15) is 8.78 Å². The number of piperidine rings is 1. The van der Waals surface area contributed by atoms with Crippen molar-refractivity contribution in [1.82, 2.24) is 10.2 Å². The summed E-state index contributed by atoms with van der Waals surface area (Å²) in [5, 5.41) is 3.23. The largest absolute Gasteiger partial charge is 0.318 e. The van der Waals surface area contributed by atoms with Crippen LogP contribution < -0.4 is 5.32 Å². The van der Waals surface area contributed by atoms with E-state index in [0.717, 1.165) is 26.1 Å². The molecule has 2 atom stereocenters. The number of hydrogen-bond acceptors (Lipinski definition) is 2. The zero-order valence-corrected chi connectivity index (χ0v) is 11.4. The van der Waals surface area contributed by atoms with Gasteiger partial charge >= 0.3 is 0 Å². The van der Waals surface area contributed by atoms with E-state index in [0.29, 0.717) is 12.5 Å². The van der Waals surface area contributed by atoms with Gasteiger partial charge in [-0.2, -0.15) is 0 Å². The average molecular weight is 260 g/mol. The van der Waals surface area contributed by atoms with Crippen LogP contribution in [-0.4, -0.2) is 43.5 Å². The molecule has 2 rings (SSSR count). The van der Waals surface area contributed by atoms with Crippen LogP contribution in [0.5, 0.6) is 0 Å². The summed E-state index contributed by atoms with van der Waals surface area (Å²) in [5.41, 5.74) is 0. The van der Waals surface area contributed by atoms with E-state index in [1.165, 1.54) is 19.3 Å². The summed E-state index contributed by atoms with van der Waals surface area (Å²) in [4.78, 5) is 2.45. The van der Waals surface area contributed by atoms with Crippen LogP contribution in [-0.2, 0) is 0 Å². The lowest BCUT2D eigenvalue weighted by Gasteiger charge is -2.39. The van der Waals surface area contributed by atoms with Crippen LogP contribution >= 0.6 is 0 Å². The van der Waals surface area contributed by atoms with Gasteiger partial charge in [0.05, 0.1) is 0 Å². The molecule has 0 bridgehead atoms. The molecule has 1 saturated carbocycles. The zero-order valence-electron chi connectivity index (χ0n) is 11.4. The lowest BCUT2D eigenvalue weighted by atomic mass is 9.85. The number of rotatable bonds is 4. The third-order valence-corrected chi connectivity index (χ3v) is 4.42. The van der Waals surface area contributed by atoms with Crippen molar-refractivity contribution in [3.8, 4) is 0 Å². The molecule has 0 aromatic carbocycles. The molecule has 106 valence electrons. The SMILES string of the molecule is CNCC1CCCCN1CC1CCCC(F)(F)C1. The highest BCUT2D eigenvalue weighted by molar-refractivity contribution is 4.84. The molecule has 0 aromatic rings. The Balaban J connectivity index is 1.86. The summed E-state index contributed by atoms with van der Waals surface area (Å²) in [5.74, 6) is -2.21. The third-order valence-electron chi connectivity index (χ3n) is 4.42. The molecule has 0 amide bonds. The van der Waals surface area contributed by atoms with Gasteiger partial charge in [0, 0.05) is 32.0 Å². The fourth-order valence-corrected chi connectivity index (χ4v) is 3.53. The summed E-state index contributed by atoms with van der Waals surface area (Å²) < 4.78 is 26.8. The second-order valence-corrected chi connectivity index (χ2v) is 6.02. The molecule has 1 heterocycles. The zero-order chi connectivity index (χ0) is 13.0. The predicted molar refractivity (Wildman–Crippen MR) is 70.0 cm³/mol. The Morgan fingerprint density at radius 2 is 2.06 bits per heavy atom. The Kier molecular flexibility index (Phi) is 4.96. The van der Waals surface area contributed by atoms with Crippen molar-refractivity contribution in [3.05, 3.63) is 0 Å². The normalized spacial score (nSPS) is 33.5. The maximum absolute atomic E-state index is 13.4. The lowest BCUT2D eigenvalue weighted by molar-refractivity contribution is -0.0597. The summed E-state index contributed by atoms with van der Waals surface area (Å²) in [6.07, 6.45) is 5.61. The second-order valence-electron chi connectivity index (χ2n) is 6.02. The first kappa shape index (κ1) is 14.2. The van der Waals surface area contributed by atoms with E-state index in [4.69, 9.17) is 0 Å². The molecule has 1 saturated heterocycles. The lowest BCUT2D eigenvalue weighted by Crippen LogP contribution is -2.47. The van der Waals surface area contributed by atoms with Gasteiger partial charge in [0.2, 0.25) is 5.92 Å². The van der Waals surface area contributed by atoms with Gasteiger partial charge < -0.3 is 5.32 Å². The maximum Gasteiger partial charge on any atom is 0.248 e. The molecular formula is C14H26F2N2. The number of halogens is 2. The van der Waals surface area contributed by atoms with Gasteiger partial charge in [-0.15, -0.1) is 0 Å². The van der Waals surface area contributed by atoms with Crippen molar-refractivity contribution in [2.24, 2.45) is 5.92 Å². The minimum atomic E-state index is -2.41. The fraction of sp³-hybridized carbons (Fsp3) is 1.00. The molecule has 0 spiro atoms. The Labute approximate surface area is 109 Å². The molecule has 1 aliphatic carbocycles. The molecule has 2 nitrogen and oxygen atoms in total. The van der Waals surface area contributed by atoms with Gasteiger partial charge in [0.25, 0.3) is 0 Å². The summed E-state index contributed by atoms with van der Waals surface area (Å²) in [7, 11) is 1.97. The smallest absolute Gasteiger partial charge is 0.248 e. The first-order valence-electron chi connectivity index (χ1n) is 7.37. The van der Waals surface area contributed by atoms with Crippen molar-refractivity contribution < 1.29 is 8.78 Å². The molecule has 4 heteroatoms. The van der Waals surface area contributed by atoms with E-state index in [2.05, 4.69) is 10.2 Å². The van der Waals surface area contributed by atoms with Crippen molar-refractivity contribution >= 4 is 0 Å². The van der Waals surface area contributed by atoms with Crippen LogP contribution in [0.2, 0.25) is 0 Å². The van der Waals surface area contributed by atoms with Crippen LogP contribution in [0.15, 0.2) is 0 Å². The van der Waals surface area contributed by atoms with Gasteiger partial charge in [0.15, 0.2) is 0 Å². The fourth-order valence-electron chi connectivity index (χ4n) is 3.53. The molecular weight excluding hydrogens is 234 g/mol. The van der Waals surface area contributed by atoms with Gasteiger partial charge in [-0.1, -0.05) is 6.42 Å². The Morgan fingerprint density at radius 1 is 1.22 bits per heavy atom. The summed E-state index contributed by atoms with van der Waals surface area (Å²) >= 11 is 0. The Bertz CT molecular complexity index is 256. The molecule has 1 aliphatic heterocycles. The first-order valence-corrected chi connectivity index (χ1v) is 7.37. The number of alkyl halides is 2. The summed E-state index contributed by atoms with van der Waals surface area (Å²) in [6.45, 7) is 2.96. The number of nitrogens with zero attached hydrogens (tertiary/aromatic N) is 1. The van der Waals surface area contributed by atoms with Crippen molar-refractivity contribution in [2.75, 3.05) is 26.7 Å².